The van der Waals surface area contributed by atoms with Gasteiger partial charge in [-0.05, 0) is 0 Å². The summed E-state index contributed by atoms with van der Waals surface area (Å²) in [5, 5.41) is 8.84. The topological polar surface area (TPSA) is 82.3 Å². The van der Waals surface area contributed by atoms with E-state index in [9.17, 15) is 17.6 Å². The van der Waals surface area contributed by atoms with Crippen LogP contribution in [0.5, 0.6) is 5.88 Å². The fourth-order valence-corrected chi connectivity index (χ4v) is 2.26. The van der Waals surface area contributed by atoms with Gasteiger partial charge in [-0.2, -0.15) is 22.5 Å². The summed E-state index contributed by atoms with van der Waals surface area (Å²) in [5.74, 6) is -9.07. The zero-order valence-electron chi connectivity index (χ0n) is 11.1. The molecule has 3 heterocycles. The van der Waals surface area contributed by atoms with Gasteiger partial charge in [-0.3, -0.25) is 4.57 Å². The molecule has 0 aliphatic carbocycles. The maximum absolute atomic E-state index is 14.0. The third-order valence-electron chi connectivity index (χ3n) is 3.39. The molecule has 1 aliphatic heterocycles. The zero-order chi connectivity index (χ0) is 16.1. The van der Waals surface area contributed by atoms with E-state index in [0.29, 0.717) is 4.57 Å². The summed E-state index contributed by atoms with van der Waals surface area (Å²) in [6.07, 6.45) is -2.78. The number of halogens is 4. The van der Waals surface area contributed by atoms with Gasteiger partial charge < -0.3 is 14.6 Å². The minimum absolute atomic E-state index is 0.00975. The quantitative estimate of drug-likeness (QED) is 0.849. The number of aliphatic hydroxyl groups excluding tert-OH is 1. The molecule has 22 heavy (non-hydrogen) atoms. The second kappa shape index (κ2) is 4.74. The molecule has 11 heteroatoms. The van der Waals surface area contributed by atoms with E-state index in [1.54, 1.807) is 0 Å². The molecule has 1 saturated heterocycles. The summed E-state index contributed by atoms with van der Waals surface area (Å²) in [6.45, 7) is -1.25. The second-order valence-electron chi connectivity index (χ2n) is 4.61. The molecular weight excluding hydrogens is 312 g/mol. The van der Waals surface area contributed by atoms with Crippen LogP contribution >= 0.6 is 0 Å². The first-order valence-electron chi connectivity index (χ1n) is 6.08. The number of hydrogen-bond acceptors (Lipinski definition) is 6. The van der Waals surface area contributed by atoms with Crippen LogP contribution < -0.4 is 4.74 Å². The smallest absolute Gasteiger partial charge is 0.356 e. The van der Waals surface area contributed by atoms with E-state index in [2.05, 4.69) is 19.7 Å². The molecule has 7 nitrogen and oxygen atoms in total. The van der Waals surface area contributed by atoms with Gasteiger partial charge in [0.15, 0.2) is 17.3 Å². The van der Waals surface area contributed by atoms with Crippen LogP contribution in [0.4, 0.5) is 17.6 Å². The molecule has 3 rings (SSSR count). The van der Waals surface area contributed by atoms with Gasteiger partial charge in [-0.25, -0.2) is 9.97 Å². The van der Waals surface area contributed by atoms with Gasteiger partial charge >= 0.3 is 11.8 Å². The highest BCUT2D eigenvalue weighted by molar-refractivity contribution is 5.76. The number of fused-ring (bicyclic) bond motifs is 1. The maximum Gasteiger partial charge on any atom is 0.356 e. The van der Waals surface area contributed by atoms with Crippen molar-refractivity contribution in [3.8, 4) is 5.88 Å². The van der Waals surface area contributed by atoms with Crippen LogP contribution in [-0.2, 0) is 4.74 Å². The minimum Gasteiger partial charge on any atom is -0.479 e. The number of ether oxygens (including phenoxy) is 2. The third-order valence-corrected chi connectivity index (χ3v) is 3.39. The fraction of sp³-hybridized carbons (Fsp3) is 0.545. The summed E-state index contributed by atoms with van der Waals surface area (Å²) < 4.78 is 65.5. The van der Waals surface area contributed by atoms with Crippen LogP contribution in [0.15, 0.2) is 12.7 Å². The molecule has 1 fully saturated rings. The molecule has 0 bridgehead atoms. The van der Waals surface area contributed by atoms with Crippen molar-refractivity contribution in [1.29, 1.82) is 0 Å². The van der Waals surface area contributed by atoms with Gasteiger partial charge in [0.25, 0.3) is 0 Å². The minimum atomic E-state index is -4.55. The number of hydrogen-bond donors (Lipinski definition) is 1. The van der Waals surface area contributed by atoms with Crippen molar-refractivity contribution in [3.05, 3.63) is 12.7 Å². The Hall–Kier alpha value is -2.01. The lowest BCUT2D eigenvalue weighted by atomic mass is 10.1. The molecule has 2 aromatic rings. The van der Waals surface area contributed by atoms with Gasteiger partial charge in [-0.15, -0.1) is 0 Å². The average Bonchev–Trinajstić information content (AvgIpc) is 2.97. The van der Waals surface area contributed by atoms with E-state index in [0.717, 1.165) is 12.7 Å². The maximum atomic E-state index is 14.0. The molecular formula is C11H10F4N4O3. The first kappa shape index (κ1) is 14.9. The second-order valence-corrected chi connectivity index (χ2v) is 4.61. The van der Waals surface area contributed by atoms with Crippen molar-refractivity contribution >= 4 is 11.2 Å². The number of imidazole rings is 1. The normalized spacial score (nSPS) is 26.5. The van der Waals surface area contributed by atoms with Crippen molar-refractivity contribution < 1.29 is 32.1 Å². The molecule has 0 spiro atoms. The number of nitrogens with zero attached hydrogens (tertiary/aromatic N) is 4. The molecule has 0 amide bonds. The Morgan fingerprint density at radius 3 is 2.59 bits per heavy atom. The summed E-state index contributed by atoms with van der Waals surface area (Å²) in [4.78, 5) is 11.3. The summed E-state index contributed by atoms with van der Waals surface area (Å²) in [7, 11) is 1.29. The zero-order valence-corrected chi connectivity index (χ0v) is 11.1. The van der Waals surface area contributed by atoms with Gasteiger partial charge in [-0.1, -0.05) is 0 Å². The molecule has 2 aromatic heterocycles. The number of alkyl halides is 4. The van der Waals surface area contributed by atoms with Gasteiger partial charge in [0, 0.05) is 0 Å². The first-order chi connectivity index (χ1) is 10.3. The monoisotopic (exact) mass is 322 g/mol. The number of methoxy groups -OCH3 is 1. The van der Waals surface area contributed by atoms with Crippen LogP contribution in [0, 0.1) is 0 Å². The van der Waals surface area contributed by atoms with Gasteiger partial charge in [0.1, 0.15) is 6.33 Å². The van der Waals surface area contributed by atoms with Crippen LogP contribution in [0.2, 0.25) is 0 Å². The standard InChI is InChI=1S/C11H10F4N4O3/c1-21-8-6-7(16-3-17-8)19(4-18-6)9-11(14,15)10(12,13)5(2-20)22-9/h3-5,9,20H,2H2,1H3/t5-,9-/m1/s1. The van der Waals surface area contributed by atoms with Crippen LogP contribution in [0.3, 0.4) is 0 Å². The number of aliphatic hydroxyl groups is 1. The van der Waals surface area contributed by atoms with Crippen LogP contribution in [0.25, 0.3) is 11.2 Å². The Balaban J connectivity index is 2.12. The SMILES string of the molecule is COc1ncnc2c1ncn2[C@@H]1O[C@H](CO)C(F)(F)C1(F)F. The third kappa shape index (κ3) is 1.78. The Morgan fingerprint density at radius 1 is 1.27 bits per heavy atom. The largest absolute Gasteiger partial charge is 0.479 e. The lowest BCUT2D eigenvalue weighted by molar-refractivity contribution is -0.209. The summed E-state index contributed by atoms with van der Waals surface area (Å²) in [5.41, 5.74) is -0.119. The Morgan fingerprint density at radius 2 is 2.00 bits per heavy atom. The van der Waals surface area contributed by atoms with Crippen molar-refractivity contribution in [3.63, 3.8) is 0 Å². The highest BCUT2D eigenvalue weighted by Crippen LogP contribution is 2.53. The average molecular weight is 322 g/mol. The Labute approximate surface area is 120 Å². The molecule has 0 radical (unpaired) electrons. The van der Waals surface area contributed by atoms with Gasteiger partial charge in [0.2, 0.25) is 12.1 Å². The highest BCUT2D eigenvalue weighted by atomic mass is 19.3. The molecule has 0 saturated carbocycles. The Bertz CT molecular complexity index is 708. The highest BCUT2D eigenvalue weighted by Gasteiger charge is 2.73. The van der Waals surface area contributed by atoms with Crippen molar-refractivity contribution in [2.24, 2.45) is 0 Å². The predicted molar refractivity (Wildman–Crippen MR) is 62.8 cm³/mol. The van der Waals surface area contributed by atoms with E-state index >= 15 is 0 Å². The van der Waals surface area contributed by atoms with E-state index < -0.39 is 30.8 Å². The predicted octanol–water partition coefficient (Wildman–Crippen LogP) is 0.995. The number of aromatic nitrogens is 4. The van der Waals surface area contributed by atoms with Crippen LogP contribution in [-0.4, -0.2) is 56.3 Å². The lowest BCUT2D eigenvalue weighted by Crippen LogP contribution is -2.46. The summed E-state index contributed by atoms with van der Waals surface area (Å²) in [6, 6.07) is 0. The molecule has 0 unspecified atom stereocenters. The van der Waals surface area contributed by atoms with Gasteiger partial charge in [0.05, 0.1) is 20.0 Å². The van der Waals surface area contributed by atoms with Crippen LogP contribution in [0.1, 0.15) is 6.23 Å². The first-order valence-corrected chi connectivity index (χ1v) is 6.08. The van der Waals surface area contributed by atoms with Crippen molar-refractivity contribution in [2.75, 3.05) is 13.7 Å². The molecule has 1 aliphatic rings. The summed E-state index contributed by atoms with van der Waals surface area (Å²) >= 11 is 0. The van der Waals surface area contributed by atoms with Crippen molar-refractivity contribution in [1.82, 2.24) is 19.5 Å². The van der Waals surface area contributed by atoms with E-state index in [4.69, 9.17) is 9.84 Å². The number of rotatable bonds is 3. The van der Waals surface area contributed by atoms with E-state index in [1.807, 2.05) is 0 Å². The van der Waals surface area contributed by atoms with E-state index in [-0.39, 0.29) is 17.0 Å². The molecule has 1 N–H and O–H groups in total. The van der Waals surface area contributed by atoms with Crippen molar-refractivity contribution in [2.45, 2.75) is 24.2 Å². The fourth-order valence-electron chi connectivity index (χ4n) is 2.26. The Kier molecular flexibility index (Phi) is 3.22. The van der Waals surface area contributed by atoms with E-state index in [1.165, 1.54) is 7.11 Å². The molecule has 2 atom stereocenters. The molecule has 0 aromatic carbocycles. The molecule has 120 valence electrons. The lowest BCUT2D eigenvalue weighted by Gasteiger charge is -2.23.